The van der Waals surface area contributed by atoms with Crippen LogP contribution in [0.5, 0.6) is 0 Å². The Morgan fingerprint density at radius 1 is 0.780 bits per heavy atom. The standard InChI is InChI=1S/C33H40N6O2/c34-16-6-4-10-28(36)32(40)38-20-12-14-24-26(18-20)31-23-9-3-1-2-8-22(23)30(24)25-15-13-21(19-27(25)31)39-33(41)29(37)11-5-7-17-35/h2,8,12-15,18-19,28-31H,4-7,9-11,16-17,34-37H2,(H,38,40)(H,39,41)/t28-,29-,30?,31?/m1/s1. The number of hydrogen-bond acceptors (Lipinski definition) is 6. The molecule has 0 aromatic heterocycles. The first-order valence-corrected chi connectivity index (χ1v) is 14.6. The molecule has 214 valence electrons. The zero-order valence-corrected chi connectivity index (χ0v) is 23.4. The molecule has 0 heterocycles. The number of amides is 2. The molecule has 0 aliphatic heterocycles. The molecule has 2 aromatic carbocycles. The van der Waals surface area contributed by atoms with Gasteiger partial charge >= 0.3 is 0 Å². The molecule has 2 bridgehead atoms. The zero-order valence-electron chi connectivity index (χ0n) is 23.4. The summed E-state index contributed by atoms with van der Waals surface area (Å²) >= 11 is 0. The lowest BCUT2D eigenvalue weighted by Crippen LogP contribution is -2.36. The van der Waals surface area contributed by atoms with E-state index in [0.29, 0.717) is 32.4 Å². The third kappa shape index (κ3) is 5.99. The first-order chi connectivity index (χ1) is 19.9. The molecule has 41 heavy (non-hydrogen) atoms. The molecule has 2 amide bonds. The van der Waals surface area contributed by atoms with Crippen molar-refractivity contribution in [3.63, 3.8) is 0 Å². The maximum Gasteiger partial charge on any atom is 0.241 e. The molecule has 8 nitrogen and oxygen atoms in total. The lowest BCUT2D eigenvalue weighted by molar-refractivity contribution is -0.118. The monoisotopic (exact) mass is 552 g/mol. The predicted molar refractivity (Wildman–Crippen MR) is 164 cm³/mol. The Bertz CT molecular complexity index is 1370. The van der Waals surface area contributed by atoms with Crippen molar-refractivity contribution < 1.29 is 9.59 Å². The van der Waals surface area contributed by atoms with Crippen LogP contribution < -0.4 is 33.6 Å². The maximum absolute atomic E-state index is 12.8. The van der Waals surface area contributed by atoms with Crippen LogP contribution in [0, 0.1) is 11.8 Å². The largest absolute Gasteiger partial charge is 0.330 e. The summed E-state index contributed by atoms with van der Waals surface area (Å²) in [6.45, 7) is 1.18. The number of hydrogen-bond donors (Lipinski definition) is 6. The second-order valence-corrected chi connectivity index (χ2v) is 11.1. The highest BCUT2D eigenvalue weighted by Crippen LogP contribution is 2.57. The van der Waals surface area contributed by atoms with Crippen LogP contribution in [-0.4, -0.2) is 37.0 Å². The van der Waals surface area contributed by atoms with Gasteiger partial charge in [0.05, 0.1) is 12.1 Å². The van der Waals surface area contributed by atoms with Crippen LogP contribution in [0.15, 0.2) is 59.7 Å². The number of nitrogens with two attached hydrogens (primary N) is 4. The number of rotatable bonds is 12. The number of benzene rings is 2. The van der Waals surface area contributed by atoms with E-state index in [9.17, 15) is 9.59 Å². The molecular weight excluding hydrogens is 512 g/mol. The van der Waals surface area contributed by atoms with Crippen molar-refractivity contribution in [3.8, 4) is 11.8 Å². The lowest BCUT2D eigenvalue weighted by atomic mass is 9.60. The molecule has 8 heteroatoms. The maximum atomic E-state index is 12.8. The second kappa shape index (κ2) is 12.8. The van der Waals surface area contributed by atoms with Crippen LogP contribution in [0.2, 0.25) is 0 Å². The molecule has 4 aliphatic carbocycles. The highest BCUT2D eigenvalue weighted by Gasteiger charge is 2.42. The van der Waals surface area contributed by atoms with Gasteiger partial charge in [-0.05, 0) is 109 Å². The Kier molecular flexibility index (Phi) is 9.01. The highest BCUT2D eigenvalue weighted by atomic mass is 16.2. The van der Waals surface area contributed by atoms with Crippen LogP contribution in [-0.2, 0) is 9.59 Å². The zero-order chi connectivity index (χ0) is 28.9. The third-order valence-corrected chi connectivity index (χ3v) is 8.32. The van der Waals surface area contributed by atoms with Gasteiger partial charge in [0.2, 0.25) is 11.8 Å². The topological polar surface area (TPSA) is 162 Å². The van der Waals surface area contributed by atoms with Crippen molar-refractivity contribution in [2.75, 3.05) is 23.7 Å². The van der Waals surface area contributed by atoms with E-state index in [4.69, 9.17) is 22.9 Å². The Balaban J connectivity index is 1.43. The minimum absolute atomic E-state index is 0.0396. The molecule has 10 N–H and O–H groups in total. The minimum Gasteiger partial charge on any atom is -0.330 e. The summed E-state index contributed by atoms with van der Waals surface area (Å²) in [6, 6.07) is 11.1. The van der Waals surface area contributed by atoms with E-state index in [-0.39, 0.29) is 23.7 Å². The molecular formula is C33H40N6O2. The molecule has 0 unspecified atom stereocenters. The molecule has 0 spiro atoms. The number of allylic oxidation sites excluding steroid dienone is 4. The summed E-state index contributed by atoms with van der Waals surface area (Å²) in [4.78, 5) is 25.7. The van der Waals surface area contributed by atoms with Gasteiger partial charge in [0.1, 0.15) is 0 Å². The Hall–Kier alpha value is -3.74. The summed E-state index contributed by atoms with van der Waals surface area (Å²) in [6.07, 6.45) is 9.26. The van der Waals surface area contributed by atoms with Gasteiger partial charge in [0.15, 0.2) is 0 Å². The van der Waals surface area contributed by atoms with Gasteiger partial charge in [-0.25, -0.2) is 0 Å². The lowest BCUT2D eigenvalue weighted by Gasteiger charge is -2.43. The van der Waals surface area contributed by atoms with Gasteiger partial charge in [-0.1, -0.05) is 36.8 Å². The fourth-order valence-corrected chi connectivity index (χ4v) is 6.22. The minimum atomic E-state index is -0.584. The fourth-order valence-electron chi connectivity index (χ4n) is 6.22. The predicted octanol–water partition coefficient (Wildman–Crippen LogP) is 3.33. The smallest absolute Gasteiger partial charge is 0.241 e. The number of anilines is 2. The third-order valence-electron chi connectivity index (χ3n) is 8.32. The SMILES string of the molecule is NCCCC[C@@H](N)C(=O)Nc1ccc2c(c1)C1C3=C(C=CC#CC3)C2c2ccc(NC(=O)[C@H](N)CCCCN)cc21. The molecule has 0 radical (unpaired) electrons. The van der Waals surface area contributed by atoms with Crippen molar-refractivity contribution in [3.05, 3.63) is 82.0 Å². The van der Waals surface area contributed by atoms with Crippen LogP contribution in [0.3, 0.4) is 0 Å². The second-order valence-electron chi connectivity index (χ2n) is 11.1. The van der Waals surface area contributed by atoms with Crippen molar-refractivity contribution in [2.24, 2.45) is 22.9 Å². The van der Waals surface area contributed by atoms with E-state index in [0.717, 1.165) is 48.2 Å². The Morgan fingerprint density at radius 3 is 1.83 bits per heavy atom. The van der Waals surface area contributed by atoms with Crippen molar-refractivity contribution in [1.29, 1.82) is 0 Å². The van der Waals surface area contributed by atoms with Gasteiger partial charge in [-0.3, -0.25) is 9.59 Å². The Morgan fingerprint density at radius 2 is 1.32 bits per heavy atom. The number of carbonyl (C=O) groups is 2. The van der Waals surface area contributed by atoms with Crippen LogP contribution in [0.25, 0.3) is 0 Å². The molecule has 2 atom stereocenters. The summed E-state index contributed by atoms with van der Waals surface area (Å²) < 4.78 is 0. The summed E-state index contributed by atoms with van der Waals surface area (Å²) in [7, 11) is 0. The summed E-state index contributed by atoms with van der Waals surface area (Å²) in [5.74, 6) is 6.03. The number of unbranched alkanes of at least 4 members (excludes halogenated alkanes) is 2. The highest BCUT2D eigenvalue weighted by molar-refractivity contribution is 5.96. The van der Waals surface area contributed by atoms with Crippen molar-refractivity contribution >= 4 is 23.2 Å². The van der Waals surface area contributed by atoms with Gasteiger partial charge in [0, 0.05) is 29.6 Å². The molecule has 0 fully saturated rings. The van der Waals surface area contributed by atoms with E-state index in [1.807, 2.05) is 18.2 Å². The normalized spacial score (nSPS) is 19.2. The quantitative estimate of drug-likeness (QED) is 0.175. The summed E-state index contributed by atoms with van der Waals surface area (Å²) in [5.41, 5.74) is 32.2. The number of carbonyl (C=O) groups excluding carboxylic acids is 2. The van der Waals surface area contributed by atoms with Crippen LogP contribution in [0.1, 0.15) is 79.0 Å². The van der Waals surface area contributed by atoms with Gasteiger partial charge < -0.3 is 33.6 Å². The fraction of sp³-hybridized carbons (Fsp3) is 0.394. The van der Waals surface area contributed by atoms with Crippen LogP contribution >= 0.6 is 0 Å². The van der Waals surface area contributed by atoms with E-state index < -0.39 is 12.1 Å². The van der Waals surface area contributed by atoms with Gasteiger partial charge in [-0.2, -0.15) is 0 Å². The first kappa shape index (κ1) is 28.8. The average molecular weight is 553 g/mol. The van der Waals surface area contributed by atoms with E-state index in [2.05, 4.69) is 52.8 Å². The molecule has 0 saturated heterocycles. The molecule has 6 rings (SSSR count). The van der Waals surface area contributed by atoms with Crippen molar-refractivity contribution in [1.82, 2.24) is 0 Å². The van der Waals surface area contributed by atoms with Gasteiger partial charge in [-0.15, -0.1) is 0 Å². The summed E-state index contributed by atoms with van der Waals surface area (Å²) in [5, 5.41) is 6.05. The molecule has 4 aliphatic rings. The first-order valence-electron chi connectivity index (χ1n) is 14.6. The van der Waals surface area contributed by atoms with E-state index in [1.165, 1.54) is 22.3 Å². The average Bonchev–Trinajstić information content (AvgIpc) is 3.23. The van der Waals surface area contributed by atoms with E-state index in [1.54, 1.807) is 0 Å². The molecule has 0 saturated carbocycles. The van der Waals surface area contributed by atoms with Crippen LogP contribution in [0.4, 0.5) is 11.4 Å². The Labute approximate surface area is 242 Å². The van der Waals surface area contributed by atoms with E-state index >= 15 is 0 Å². The number of nitrogens with one attached hydrogen (secondary N) is 2. The van der Waals surface area contributed by atoms with Gasteiger partial charge in [0.25, 0.3) is 0 Å². The van der Waals surface area contributed by atoms with Crippen molar-refractivity contribution in [2.45, 2.75) is 68.9 Å². The molecule has 2 aromatic rings.